The number of nitrogens with zero attached hydrogens (tertiary/aromatic N) is 2. The van der Waals surface area contributed by atoms with Crippen LogP contribution >= 0.6 is 15.9 Å². The topological polar surface area (TPSA) is 31.9 Å². The third-order valence-electron chi connectivity index (χ3n) is 4.03. The Labute approximate surface area is 132 Å². The molecular weight excluding hydrogens is 326 g/mol. The van der Waals surface area contributed by atoms with Crippen molar-refractivity contribution in [1.29, 1.82) is 0 Å². The number of fused-ring (bicyclic) bond motifs is 1. The fourth-order valence-electron chi connectivity index (χ4n) is 2.94. The molecule has 0 atom stereocenters. The summed E-state index contributed by atoms with van der Waals surface area (Å²) >= 11 is 3.50. The predicted octanol–water partition coefficient (Wildman–Crippen LogP) is 4.59. The lowest BCUT2D eigenvalue weighted by Gasteiger charge is -2.17. The van der Waals surface area contributed by atoms with Crippen molar-refractivity contribution in [2.24, 2.45) is 0 Å². The first-order valence-corrected chi connectivity index (χ1v) is 8.09. The third kappa shape index (κ3) is 2.44. The molecule has 0 spiro atoms. The molecule has 0 amide bonds. The van der Waals surface area contributed by atoms with E-state index in [9.17, 15) is 0 Å². The van der Waals surface area contributed by atoms with Gasteiger partial charge in [-0.2, -0.15) is 0 Å². The molecule has 0 saturated carbocycles. The second-order valence-corrected chi connectivity index (χ2v) is 6.41. The van der Waals surface area contributed by atoms with Gasteiger partial charge in [0.1, 0.15) is 5.82 Å². The van der Waals surface area contributed by atoms with Crippen molar-refractivity contribution in [3.63, 3.8) is 0 Å². The van der Waals surface area contributed by atoms with Crippen LogP contribution in [0.4, 0.5) is 5.69 Å². The van der Waals surface area contributed by atoms with Crippen LogP contribution in [0.2, 0.25) is 0 Å². The van der Waals surface area contributed by atoms with Crippen LogP contribution in [0.5, 0.6) is 0 Å². The molecule has 4 heteroatoms. The van der Waals surface area contributed by atoms with Crippen molar-refractivity contribution in [1.82, 2.24) is 9.97 Å². The van der Waals surface area contributed by atoms with E-state index in [1.165, 1.54) is 18.5 Å². The summed E-state index contributed by atoms with van der Waals surface area (Å²) in [5.74, 6) is 0.934. The van der Waals surface area contributed by atoms with Crippen LogP contribution in [-0.4, -0.2) is 23.1 Å². The Morgan fingerprint density at radius 3 is 2.76 bits per heavy atom. The Morgan fingerprint density at radius 1 is 1.05 bits per heavy atom. The van der Waals surface area contributed by atoms with E-state index < -0.39 is 0 Å². The molecule has 0 unspecified atom stereocenters. The summed E-state index contributed by atoms with van der Waals surface area (Å²) in [5.41, 5.74) is 4.50. The van der Waals surface area contributed by atoms with E-state index in [0.717, 1.165) is 40.0 Å². The van der Waals surface area contributed by atoms with E-state index in [1.54, 1.807) is 0 Å². The summed E-state index contributed by atoms with van der Waals surface area (Å²) in [4.78, 5) is 10.6. The molecule has 2 aromatic carbocycles. The molecule has 1 aromatic heterocycles. The normalized spacial score (nSPS) is 15.0. The van der Waals surface area contributed by atoms with Crippen molar-refractivity contribution in [3.8, 4) is 11.4 Å². The molecule has 21 heavy (non-hydrogen) atoms. The van der Waals surface area contributed by atoms with E-state index >= 15 is 0 Å². The Hall–Kier alpha value is -1.81. The molecule has 1 aliphatic rings. The first kappa shape index (κ1) is 12.9. The molecule has 3 aromatic rings. The number of aromatic nitrogens is 2. The largest absolute Gasteiger partial charge is 0.372 e. The number of H-pyrrole nitrogens is 1. The number of nitrogens with one attached hydrogen (secondary N) is 1. The quantitative estimate of drug-likeness (QED) is 0.739. The first-order chi connectivity index (χ1) is 10.3. The van der Waals surface area contributed by atoms with Gasteiger partial charge in [0.05, 0.1) is 11.0 Å². The maximum absolute atomic E-state index is 4.70. The molecule has 1 N–H and O–H groups in total. The van der Waals surface area contributed by atoms with Gasteiger partial charge in [-0.05, 0) is 43.2 Å². The lowest BCUT2D eigenvalue weighted by molar-refractivity contribution is 0.949. The minimum atomic E-state index is 0.934. The third-order valence-corrected chi connectivity index (χ3v) is 4.53. The highest BCUT2D eigenvalue weighted by Gasteiger charge is 2.13. The minimum absolute atomic E-state index is 0.934. The fourth-order valence-corrected chi connectivity index (χ4v) is 3.30. The Morgan fingerprint density at radius 2 is 1.90 bits per heavy atom. The van der Waals surface area contributed by atoms with Crippen molar-refractivity contribution in [2.45, 2.75) is 12.8 Å². The number of anilines is 1. The minimum Gasteiger partial charge on any atom is -0.372 e. The number of halogens is 1. The smallest absolute Gasteiger partial charge is 0.138 e. The summed E-state index contributed by atoms with van der Waals surface area (Å²) in [7, 11) is 0. The molecule has 1 aliphatic heterocycles. The zero-order valence-electron chi connectivity index (χ0n) is 11.6. The van der Waals surface area contributed by atoms with Crippen LogP contribution in [0.1, 0.15) is 12.8 Å². The Kier molecular flexibility index (Phi) is 3.19. The molecule has 3 nitrogen and oxygen atoms in total. The van der Waals surface area contributed by atoms with E-state index in [-0.39, 0.29) is 0 Å². The van der Waals surface area contributed by atoms with Crippen molar-refractivity contribution >= 4 is 32.7 Å². The zero-order chi connectivity index (χ0) is 14.2. The van der Waals surface area contributed by atoms with Crippen molar-refractivity contribution in [2.75, 3.05) is 18.0 Å². The Balaban J connectivity index is 1.75. The SMILES string of the molecule is Brc1ccc2nc(-c3cccc(N4CCCC4)c3)[nH]c2c1. The number of imidazole rings is 1. The first-order valence-electron chi connectivity index (χ1n) is 7.30. The summed E-state index contributed by atoms with van der Waals surface area (Å²) < 4.78 is 1.07. The van der Waals surface area contributed by atoms with E-state index in [0.29, 0.717) is 0 Å². The second-order valence-electron chi connectivity index (χ2n) is 5.49. The van der Waals surface area contributed by atoms with E-state index in [4.69, 9.17) is 4.98 Å². The summed E-state index contributed by atoms with van der Waals surface area (Å²) in [6, 6.07) is 14.8. The van der Waals surface area contributed by atoms with Gasteiger partial charge in [0, 0.05) is 28.8 Å². The molecule has 4 rings (SSSR count). The lowest BCUT2D eigenvalue weighted by Crippen LogP contribution is -2.17. The zero-order valence-corrected chi connectivity index (χ0v) is 13.2. The van der Waals surface area contributed by atoms with Crippen LogP contribution in [0.15, 0.2) is 46.9 Å². The standard InChI is InChI=1S/C17H16BrN3/c18-13-6-7-15-16(11-13)20-17(19-15)12-4-3-5-14(10-12)21-8-1-2-9-21/h3-7,10-11H,1-2,8-9H2,(H,19,20). The van der Waals surface area contributed by atoms with Crippen LogP contribution in [-0.2, 0) is 0 Å². The summed E-state index contributed by atoms with van der Waals surface area (Å²) in [6.07, 6.45) is 2.59. The monoisotopic (exact) mass is 341 g/mol. The van der Waals surface area contributed by atoms with Gasteiger partial charge in [0.15, 0.2) is 0 Å². The average Bonchev–Trinajstić information content (AvgIpc) is 3.16. The summed E-state index contributed by atoms with van der Waals surface area (Å²) in [6.45, 7) is 2.33. The van der Waals surface area contributed by atoms with Crippen LogP contribution in [0, 0.1) is 0 Å². The van der Waals surface area contributed by atoms with Gasteiger partial charge in [-0.15, -0.1) is 0 Å². The highest BCUT2D eigenvalue weighted by molar-refractivity contribution is 9.10. The molecule has 106 valence electrons. The number of rotatable bonds is 2. The lowest BCUT2D eigenvalue weighted by atomic mass is 10.2. The van der Waals surface area contributed by atoms with E-state index in [1.807, 2.05) is 12.1 Å². The molecule has 0 radical (unpaired) electrons. The molecule has 2 heterocycles. The maximum atomic E-state index is 4.70. The molecular formula is C17H16BrN3. The highest BCUT2D eigenvalue weighted by Crippen LogP contribution is 2.27. The summed E-state index contributed by atoms with van der Waals surface area (Å²) in [5, 5.41) is 0. The van der Waals surface area contributed by atoms with Gasteiger partial charge < -0.3 is 9.88 Å². The molecule has 1 saturated heterocycles. The number of hydrogen-bond acceptors (Lipinski definition) is 2. The second kappa shape index (κ2) is 5.19. The van der Waals surface area contributed by atoms with Gasteiger partial charge in [-0.1, -0.05) is 28.1 Å². The van der Waals surface area contributed by atoms with Crippen LogP contribution in [0.25, 0.3) is 22.4 Å². The van der Waals surface area contributed by atoms with Gasteiger partial charge in [0.2, 0.25) is 0 Å². The predicted molar refractivity (Wildman–Crippen MR) is 90.7 cm³/mol. The Bertz CT molecular complexity index is 788. The van der Waals surface area contributed by atoms with Gasteiger partial charge in [-0.3, -0.25) is 0 Å². The fraction of sp³-hybridized carbons (Fsp3) is 0.235. The molecule has 0 aliphatic carbocycles. The molecule has 1 fully saturated rings. The van der Waals surface area contributed by atoms with Gasteiger partial charge >= 0.3 is 0 Å². The number of aromatic amines is 1. The van der Waals surface area contributed by atoms with Crippen molar-refractivity contribution in [3.05, 3.63) is 46.9 Å². The van der Waals surface area contributed by atoms with Crippen molar-refractivity contribution < 1.29 is 0 Å². The van der Waals surface area contributed by atoms with Gasteiger partial charge in [-0.25, -0.2) is 4.98 Å². The molecule has 0 bridgehead atoms. The van der Waals surface area contributed by atoms with E-state index in [2.05, 4.69) is 56.1 Å². The number of benzene rings is 2. The van der Waals surface area contributed by atoms with Crippen LogP contribution < -0.4 is 4.90 Å². The maximum Gasteiger partial charge on any atom is 0.138 e. The van der Waals surface area contributed by atoms with Crippen LogP contribution in [0.3, 0.4) is 0 Å². The highest BCUT2D eigenvalue weighted by atomic mass is 79.9. The average molecular weight is 342 g/mol. The number of hydrogen-bond donors (Lipinski definition) is 1. The van der Waals surface area contributed by atoms with Gasteiger partial charge in [0.25, 0.3) is 0 Å².